The molecule has 2 N–H and O–H groups in total. The molecule has 1 aromatic rings. The SMILES string of the molecule is Cc1ccc(OCCN(C)C(=O)CC(C)(C)N)cc1. The zero-order valence-electron chi connectivity index (χ0n) is 12.3. The molecule has 0 saturated heterocycles. The van der Waals surface area contributed by atoms with Gasteiger partial charge in [0.15, 0.2) is 0 Å². The van der Waals surface area contributed by atoms with E-state index in [0.29, 0.717) is 19.6 Å². The smallest absolute Gasteiger partial charge is 0.224 e. The number of aryl methyl sites for hydroxylation is 1. The summed E-state index contributed by atoms with van der Waals surface area (Å²) in [5, 5.41) is 0. The van der Waals surface area contributed by atoms with Crippen molar-refractivity contribution in [2.24, 2.45) is 5.73 Å². The number of rotatable bonds is 6. The van der Waals surface area contributed by atoms with Gasteiger partial charge in [-0.1, -0.05) is 17.7 Å². The van der Waals surface area contributed by atoms with E-state index < -0.39 is 5.54 Å². The number of hydrogen-bond acceptors (Lipinski definition) is 3. The molecule has 1 aromatic carbocycles. The summed E-state index contributed by atoms with van der Waals surface area (Å²) in [6.45, 7) is 6.77. The largest absolute Gasteiger partial charge is 0.492 e. The fourth-order valence-corrected chi connectivity index (χ4v) is 1.58. The lowest BCUT2D eigenvalue weighted by molar-refractivity contribution is -0.131. The number of benzene rings is 1. The average molecular weight is 264 g/mol. The maximum atomic E-state index is 11.8. The lowest BCUT2D eigenvalue weighted by Gasteiger charge is -2.23. The van der Waals surface area contributed by atoms with Crippen molar-refractivity contribution in [1.29, 1.82) is 0 Å². The van der Waals surface area contributed by atoms with Crippen molar-refractivity contribution in [3.05, 3.63) is 29.8 Å². The predicted molar refractivity (Wildman–Crippen MR) is 77.2 cm³/mol. The average Bonchev–Trinajstić information content (AvgIpc) is 2.29. The van der Waals surface area contributed by atoms with Crippen LogP contribution in [0, 0.1) is 6.92 Å². The Bertz CT molecular complexity index is 407. The number of hydrogen-bond donors (Lipinski definition) is 1. The van der Waals surface area contributed by atoms with E-state index >= 15 is 0 Å². The van der Waals surface area contributed by atoms with Gasteiger partial charge in [-0.15, -0.1) is 0 Å². The number of carbonyl (C=O) groups is 1. The summed E-state index contributed by atoms with van der Waals surface area (Å²) in [6, 6.07) is 7.86. The van der Waals surface area contributed by atoms with Crippen molar-refractivity contribution < 1.29 is 9.53 Å². The third-order valence-electron chi connectivity index (χ3n) is 2.75. The minimum absolute atomic E-state index is 0.0417. The molecule has 19 heavy (non-hydrogen) atoms. The highest BCUT2D eigenvalue weighted by atomic mass is 16.5. The molecule has 0 saturated carbocycles. The van der Waals surface area contributed by atoms with E-state index in [1.165, 1.54) is 5.56 Å². The molecular weight excluding hydrogens is 240 g/mol. The van der Waals surface area contributed by atoms with Crippen molar-refractivity contribution in [3.8, 4) is 5.75 Å². The van der Waals surface area contributed by atoms with Gasteiger partial charge in [-0.3, -0.25) is 4.79 Å². The van der Waals surface area contributed by atoms with Crippen LogP contribution in [0.4, 0.5) is 0 Å². The summed E-state index contributed by atoms with van der Waals surface area (Å²) in [7, 11) is 1.77. The van der Waals surface area contributed by atoms with Gasteiger partial charge in [0.2, 0.25) is 5.91 Å². The third-order valence-corrected chi connectivity index (χ3v) is 2.75. The lowest BCUT2D eigenvalue weighted by atomic mass is 10.0. The van der Waals surface area contributed by atoms with Crippen molar-refractivity contribution in [2.75, 3.05) is 20.2 Å². The maximum absolute atomic E-state index is 11.8. The van der Waals surface area contributed by atoms with E-state index in [-0.39, 0.29) is 5.91 Å². The number of likely N-dealkylation sites (N-methyl/N-ethyl adjacent to an activating group) is 1. The first-order valence-electron chi connectivity index (χ1n) is 6.50. The Labute approximate surface area is 115 Å². The highest BCUT2D eigenvalue weighted by Crippen LogP contribution is 2.11. The molecule has 0 aromatic heterocycles. The molecule has 0 unspecified atom stereocenters. The first-order chi connectivity index (χ1) is 8.78. The lowest BCUT2D eigenvalue weighted by Crippen LogP contribution is -2.40. The van der Waals surface area contributed by atoms with Crippen molar-refractivity contribution >= 4 is 5.91 Å². The zero-order valence-corrected chi connectivity index (χ0v) is 12.3. The predicted octanol–water partition coefficient (Wildman–Crippen LogP) is 1.96. The van der Waals surface area contributed by atoms with Crippen LogP contribution in [0.2, 0.25) is 0 Å². The van der Waals surface area contributed by atoms with E-state index in [9.17, 15) is 4.79 Å². The van der Waals surface area contributed by atoms with Gasteiger partial charge in [0.05, 0.1) is 6.54 Å². The van der Waals surface area contributed by atoms with E-state index in [0.717, 1.165) is 5.75 Å². The summed E-state index contributed by atoms with van der Waals surface area (Å²) in [5.41, 5.74) is 6.56. The van der Waals surface area contributed by atoms with Crippen LogP contribution in [0.15, 0.2) is 24.3 Å². The number of ether oxygens (including phenoxy) is 1. The van der Waals surface area contributed by atoms with Crippen LogP contribution in [0.5, 0.6) is 5.75 Å². The summed E-state index contributed by atoms with van der Waals surface area (Å²) in [4.78, 5) is 13.5. The first-order valence-corrected chi connectivity index (χ1v) is 6.50. The molecule has 0 fully saturated rings. The zero-order chi connectivity index (χ0) is 14.5. The Hall–Kier alpha value is -1.55. The molecule has 0 heterocycles. The molecule has 0 spiro atoms. The Kier molecular flexibility index (Phi) is 5.36. The monoisotopic (exact) mass is 264 g/mol. The van der Waals surface area contributed by atoms with Crippen molar-refractivity contribution in [2.45, 2.75) is 32.7 Å². The number of nitrogens with two attached hydrogens (primary N) is 1. The van der Waals surface area contributed by atoms with E-state index in [4.69, 9.17) is 10.5 Å². The van der Waals surface area contributed by atoms with Crippen LogP contribution in [0.1, 0.15) is 25.8 Å². The molecule has 4 heteroatoms. The normalized spacial score (nSPS) is 11.2. The van der Waals surface area contributed by atoms with Gasteiger partial charge >= 0.3 is 0 Å². The van der Waals surface area contributed by atoms with Gasteiger partial charge in [-0.05, 0) is 32.9 Å². The van der Waals surface area contributed by atoms with E-state index in [1.54, 1.807) is 11.9 Å². The second-order valence-electron chi connectivity index (χ2n) is 5.64. The van der Waals surface area contributed by atoms with Crippen molar-refractivity contribution in [1.82, 2.24) is 4.90 Å². The molecule has 4 nitrogen and oxygen atoms in total. The van der Waals surface area contributed by atoms with Crippen LogP contribution in [-0.2, 0) is 4.79 Å². The van der Waals surface area contributed by atoms with Gasteiger partial charge in [-0.25, -0.2) is 0 Å². The van der Waals surface area contributed by atoms with Crippen LogP contribution in [0.25, 0.3) is 0 Å². The summed E-state index contributed by atoms with van der Waals surface area (Å²) < 4.78 is 5.59. The Morgan fingerprint density at radius 2 is 1.89 bits per heavy atom. The molecule has 0 aliphatic carbocycles. The maximum Gasteiger partial charge on any atom is 0.224 e. The molecule has 0 atom stereocenters. The van der Waals surface area contributed by atoms with E-state index in [2.05, 4.69) is 0 Å². The summed E-state index contributed by atoms with van der Waals surface area (Å²) in [6.07, 6.45) is 0.341. The van der Waals surface area contributed by atoms with Crippen LogP contribution in [0.3, 0.4) is 0 Å². The first kappa shape index (κ1) is 15.5. The van der Waals surface area contributed by atoms with Gasteiger partial charge in [0.1, 0.15) is 12.4 Å². The fourth-order valence-electron chi connectivity index (χ4n) is 1.58. The molecule has 1 rings (SSSR count). The van der Waals surface area contributed by atoms with Gasteiger partial charge in [-0.2, -0.15) is 0 Å². The second kappa shape index (κ2) is 6.57. The molecule has 1 amide bonds. The highest BCUT2D eigenvalue weighted by Gasteiger charge is 2.19. The minimum Gasteiger partial charge on any atom is -0.492 e. The third kappa shape index (κ3) is 6.25. The molecule has 0 aliphatic rings. The number of nitrogens with zero attached hydrogens (tertiary/aromatic N) is 1. The molecule has 0 bridgehead atoms. The van der Waals surface area contributed by atoms with Crippen LogP contribution >= 0.6 is 0 Å². The Morgan fingerprint density at radius 1 is 1.32 bits per heavy atom. The highest BCUT2D eigenvalue weighted by molar-refractivity contribution is 5.77. The standard InChI is InChI=1S/C15H24N2O2/c1-12-5-7-13(8-6-12)19-10-9-17(4)14(18)11-15(2,3)16/h5-8H,9-11,16H2,1-4H3. The molecule has 106 valence electrons. The Balaban J connectivity index is 2.32. The number of carbonyl (C=O) groups excluding carboxylic acids is 1. The van der Waals surface area contributed by atoms with Gasteiger partial charge in [0, 0.05) is 19.0 Å². The minimum atomic E-state index is -0.469. The molecular formula is C15H24N2O2. The van der Waals surface area contributed by atoms with Gasteiger partial charge in [0.25, 0.3) is 0 Å². The van der Waals surface area contributed by atoms with Crippen molar-refractivity contribution in [3.63, 3.8) is 0 Å². The molecule has 0 radical (unpaired) electrons. The van der Waals surface area contributed by atoms with Crippen LogP contribution < -0.4 is 10.5 Å². The summed E-state index contributed by atoms with van der Waals surface area (Å²) >= 11 is 0. The number of amides is 1. The van der Waals surface area contributed by atoms with Crippen LogP contribution in [-0.4, -0.2) is 36.5 Å². The summed E-state index contributed by atoms with van der Waals surface area (Å²) in [5.74, 6) is 0.866. The second-order valence-corrected chi connectivity index (χ2v) is 5.64. The molecule has 0 aliphatic heterocycles. The van der Waals surface area contributed by atoms with E-state index in [1.807, 2.05) is 45.0 Å². The fraction of sp³-hybridized carbons (Fsp3) is 0.533. The quantitative estimate of drug-likeness (QED) is 0.854. The topological polar surface area (TPSA) is 55.6 Å². The van der Waals surface area contributed by atoms with Gasteiger partial charge < -0.3 is 15.4 Å². The Morgan fingerprint density at radius 3 is 2.42 bits per heavy atom.